The van der Waals surface area contributed by atoms with Gasteiger partial charge in [0.25, 0.3) is 0 Å². The fraction of sp³-hybridized carbons (Fsp3) is 0.375. The van der Waals surface area contributed by atoms with Crippen LogP contribution in [-0.2, 0) is 14.6 Å². The van der Waals surface area contributed by atoms with Crippen molar-refractivity contribution in [2.45, 2.75) is 33.2 Å². The summed E-state index contributed by atoms with van der Waals surface area (Å²) in [5, 5.41) is 0.759. The fourth-order valence-electron chi connectivity index (χ4n) is 4.46. The molecule has 1 aromatic carbocycles. The van der Waals surface area contributed by atoms with Crippen molar-refractivity contribution >= 4 is 32.5 Å². The molecule has 3 heterocycles. The monoisotopic (exact) mass is 470 g/mol. The van der Waals surface area contributed by atoms with E-state index in [1.54, 1.807) is 51.3 Å². The van der Waals surface area contributed by atoms with E-state index in [1.807, 2.05) is 11.5 Å². The van der Waals surface area contributed by atoms with Crippen molar-refractivity contribution in [2.75, 3.05) is 25.2 Å². The zero-order chi connectivity index (χ0) is 23.9. The summed E-state index contributed by atoms with van der Waals surface area (Å²) in [6.07, 6.45) is 0.529. The quantitative estimate of drug-likeness (QED) is 0.402. The zero-order valence-corrected chi connectivity index (χ0v) is 19.9. The van der Waals surface area contributed by atoms with E-state index in [1.165, 1.54) is 0 Å². The van der Waals surface area contributed by atoms with Gasteiger partial charge in [0, 0.05) is 34.4 Å². The Kier molecular flexibility index (Phi) is 6.00. The van der Waals surface area contributed by atoms with E-state index < -0.39 is 22.4 Å². The van der Waals surface area contributed by atoms with Crippen LogP contribution < -0.4 is 4.74 Å². The topological polar surface area (TPSA) is 105 Å². The summed E-state index contributed by atoms with van der Waals surface area (Å²) in [6, 6.07) is 8.61. The predicted octanol–water partition coefficient (Wildman–Crippen LogP) is 3.37. The van der Waals surface area contributed by atoms with Crippen LogP contribution in [-0.4, -0.2) is 54.9 Å². The summed E-state index contributed by atoms with van der Waals surface area (Å²) in [7, 11) is -1.48. The maximum Gasteiger partial charge on any atom is 0.340 e. The lowest BCUT2D eigenvalue weighted by molar-refractivity contribution is 0.0473. The number of nitrogens with zero attached hydrogens (tertiary/aromatic N) is 2. The van der Waals surface area contributed by atoms with Crippen molar-refractivity contribution in [1.82, 2.24) is 9.55 Å². The minimum atomic E-state index is -3.05. The van der Waals surface area contributed by atoms with Crippen LogP contribution in [0.4, 0.5) is 0 Å². The van der Waals surface area contributed by atoms with Gasteiger partial charge in [-0.1, -0.05) is 0 Å². The molecule has 0 spiro atoms. The molecule has 174 valence electrons. The van der Waals surface area contributed by atoms with E-state index in [0.717, 1.165) is 11.1 Å². The van der Waals surface area contributed by atoms with E-state index >= 15 is 0 Å². The van der Waals surface area contributed by atoms with Gasteiger partial charge in [-0.3, -0.25) is 9.78 Å². The maximum atomic E-state index is 12.8. The third kappa shape index (κ3) is 4.50. The first-order chi connectivity index (χ1) is 15.6. The number of fused-ring (bicyclic) bond motifs is 1. The molecule has 0 aliphatic carbocycles. The smallest absolute Gasteiger partial charge is 0.340 e. The number of rotatable bonds is 6. The van der Waals surface area contributed by atoms with Gasteiger partial charge in [0.05, 0.1) is 35.4 Å². The Morgan fingerprint density at radius 2 is 1.88 bits per heavy atom. The van der Waals surface area contributed by atoms with Crippen LogP contribution in [0.3, 0.4) is 0 Å². The molecular formula is C24H26N2O6S. The molecule has 1 unspecified atom stereocenters. The van der Waals surface area contributed by atoms with Crippen molar-refractivity contribution in [3.8, 4) is 5.75 Å². The second kappa shape index (κ2) is 8.62. The summed E-state index contributed by atoms with van der Waals surface area (Å²) in [4.78, 5) is 30.0. The molecule has 2 aromatic heterocycles. The van der Waals surface area contributed by atoms with E-state index in [9.17, 15) is 18.0 Å². The lowest BCUT2D eigenvalue weighted by Crippen LogP contribution is -2.17. The number of aryl methyl sites for hydroxylation is 2. The number of carbonyl (C=O) groups excluding carboxylic acids is 2. The first kappa shape index (κ1) is 23.0. The minimum absolute atomic E-state index is 0.0755. The van der Waals surface area contributed by atoms with E-state index in [-0.39, 0.29) is 23.3 Å². The van der Waals surface area contributed by atoms with Crippen LogP contribution >= 0.6 is 0 Å². The van der Waals surface area contributed by atoms with Gasteiger partial charge in [0.15, 0.2) is 16.4 Å². The van der Waals surface area contributed by atoms with Crippen LogP contribution in [0.15, 0.2) is 30.3 Å². The molecule has 8 nitrogen and oxygen atoms in total. The van der Waals surface area contributed by atoms with Gasteiger partial charge in [-0.25, -0.2) is 13.2 Å². The third-order valence-corrected chi connectivity index (χ3v) is 7.88. The predicted molar refractivity (Wildman–Crippen MR) is 124 cm³/mol. The summed E-state index contributed by atoms with van der Waals surface area (Å²) < 4.78 is 36.2. The fourth-order valence-corrected chi connectivity index (χ4v) is 6.16. The Hall–Kier alpha value is -3.20. The number of ether oxygens (including phenoxy) is 2. The average molecular weight is 471 g/mol. The number of hydrogen-bond acceptors (Lipinski definition) is 7. The normalized spacial score (nSPS) is 17.3. The van der Waals surface area contributed by atoms with Gasteiger partial charge in [-0.05, 0) is 51.5 Å². The molecule has 9 heteroatoms. The van der Waals surface area contributed by atoms with Crippen molar-refractivity contribution in [3.05, 3.63) is 58.5 Å². The number of aromatic nitrogens is 2. The maximum absolute atomic E-state index is 12.8. The number of esters is 1. The van der Waals surface area contributed by atoms with Gasteiger partial charge in [-0.2, -0.15) is 0 Å². The number of Topliss-reactive ketones (excluding diaryl/α,β-unsaturated/α-hetero) is 1. The van der Waals surface area contributed by atoms with Crippen LogP contribution in [0.2, 0.25) is 0 Å². The number of sulfone groups is 1. The molecule has 0 bridgehead atoms. The van der Waals surface area contributed by atoms with Crippen molar-refractivity contribution in [1.29, 1.82) is 0 Å². The number of methoxy groups -OCH3 is 1. The van der Waals surface area contributed by atoms with Crippen LogP contribution in [0.1, 0.15) is 50.3 Å². The molecule has 4 rings (SSSR count). The van der Waals surface area contributed by atoms with E-state index in [2.05, 4.69) is 4.98 Å². The Morgan fingerprint density at radius 3 is 2.55 bits per heavy atom. The third-order valence-electron chi connectivity index (χ3n) is 6.13. The van der Waals surface area contributed by atoms with Gasteiger partial charge >= 0.3 is 5.97 Å². The molecule has 0 amide bonds. The second-order valence-electron chi connectivity index (χ2n) is 8.39. The first-order valence-electron chi connectivity index (χ1n) is 10.6. The minimum Gasteiger partial charge on any atom is -0.497 e. The molecule has 1 aliphatic heterocycles. The summed E-state index contributed by atoms with van der Waals surface area (Å²) in [5.41, 5.74) is 3.42. The standard InChI is InChI=1S/C24H26N2O6S/c1-14-9-21(16(3)26(14)18-7-8-33(29,30)13-18)23(27)12-32-24(28)20-10-17-5-6-19(31-4)11-22(17)25-15(20)2/h5-6,9-11,18H,7-8,12-13H2,1-4H3. The Bertz CT molecular complexity index is 1370. The van der Waals surface area contributed by atoms with E-state index in [0.29, 0.717) is 40.2 Å². The average Bonchev–Trinajstić information content (AvgIpc) is 3.28. The van der Waals surface area contributed by atoms with Gasteiger partial charge in [0.2, 0.25) is 5.78 Å². The summed E-state index contributed by atoms with van der Waals surface area (Å²) >= 11 is 0. The Labute approximate surface area is 192 Å². The Balaban J connectivity index is 1.50. The molecule has 0 N–H and O–H groups in total. The lowest BCUT2D eigenvalue weighted by atomic mass is 10.1. The van der Waals surface area contributed by atoms with E-state index in [4.69, 9.17) is 9.47 Å². The Morgan fingerprint density at radius 1 is 1.12 bits per heavy atom. The number of ketones is 1. The first-order valence-corrected chi connectivity index (χ1v) is 12.5. The highest BCUT2D eigenvalue weighted by Crippen LogP contribution is 2.29. The highest BCUT2D eigenvalue weighted by atomic mass is 32.2. The molecule has 0 saturated carbocycles. The van der Waals surface area contributed by atoms with Gasteiger partial charge < -0.3 is 14.0 Å². The molecule has 0 radical (unpaired) electrons. The molecule has 1 saturated heterocycles. The van der Waals surface area contributed by atoms with Gasteiger partial charge in [0.1, 0.15) is 5.75 Å². The van der Waals surface area contributed by atoms with Crippen molar-refractivity contribution in [2.24, 2.45) is 0 Å². The number of carbonyl (C=O) groups is 2. The van der Waals surface area contributed by atoms with Crippen LogP contribution in [0, 0.1) is 20.8 Å². The summed E-state index contributed by atoms with van der Waals surface area (Å²) in [6.45, 7) is 4.94. The van der Waals surface area contributed by atoms with Crippen molar-refractivity contribution in [3.63, 3.8) is 0 Å². The molecule has 33 heavy (non-hydrogen) atoms. The second-order valence-corrected chi connectivity index (χ2v) is 10.6. The largest absolute Gasteiger partial charge is 0.497 e. The highest BCUT2D eigenvalue weighted by Gasteiger charge is 2.31. The van der Waals surface area contributed by atoms with Crippen molar-refractivity contribution < 1.29 is 27.5 Å². The molecule has 1 fully saturated rings. The molecule has 3 aromatic rings. The van der Waals surface area contributed by atoms with Crippen LogP contribution in [0.5, 0.6) is 5.75 Å². The zero-order valence-electron chi connectivity index (χ0n) is 19.0. The summed E-state index contributed by atoms with van der Waals surface area (Å²) in [5.74, 6) is -0.0576. The highest BCUT2D eigenvalue weighted by molar-refractivity contribution is 7.91. The molecule has 1 atom stereocenters. The number of hydrogen-bond donors (Lipinski definition) is 0. The van der Waals surface area contributed by atoms with Crippen LogP contribution in [0.25, 0.3) is 10.9 Å². The molecular weight excluding hydrogens is 444 g/mol. The number of benzene rings is 1. The number of pyridine rings is 1. The lowest BCUT2D eigenvalue weighted by Gasteiger charge is -2.16. The SMILES string of the molecule is COc1ccc2cc(C(=O)OCC(=O)c3cc(C)n(C4CCS(=O)(=O)C4)c3C)c(C)nc2c1. The molecule has 1 aliphatic rings. The van der Waals surface area contributed by atoms with Gasteiger partial charge in [-0.15, -0.1) is 0 Å².